The van der Waals surface area contributed by atoms with Crippen LogP contribution in [0.15, 0.2) is 72.8 Å². The number of amides is 3. The summed E-state index contributed by atoms with van der Waals surface area (Å²) in [5, 5.41) is 2.74. The summed E-state index contributed by atoms with van der Waals surface area (Å²) in [6, 6.07) is 21.7. The van der Waals surface area contributed by atoms with E-state index in [-0.39, 0.29) is 12.3 Å². The summed E-state index contributed by atoms with van der Waals surface area (Å²) in [5.74, 6) is -0.0651. The molecule has 4 rings (SSSR count). The lowest BCUT2D eigenvalue weighted by Gasteiger charge is -2.23. The van der Waals surface area contributed by atoms with E-state index in [1.807, 2.05) is 55.5 Å². The maximum absolute atomic E-state index is 13.2. The number of ketones is 1. The lowest BCUT2D eigenvalue weighted by molar-refractivity contribution is -0.130. The molecule has 0 spiro atoms. The molecule has 0 aromatic heterocycles. The van der Waals surface area contributed by atoms with Crippen LogP contribution >= 0.6 is 0 Å². The van der Waals surface area contributed by atoms with Gasteiger partial charge in [-0.3, -0.25) is 14.5 Å². The molecular weight excluding hydrogens is 404 g/mol. The molecule has 6 nitrogen and oxygen atoms in total. The molecular formula is C26H24N2O4. The minimum absolute atomic E-state index is 0.303. The first-order valence-electron chi connectivity index (χ1n) is 10.3. The van der Waals surface area contributed by atoms with Crippen LogP contribution in [0, 0.1) is 6.92 Å². The number of hydrogen-bond donors (Lipinski definition) is 1. The van der Waals surface area contributed by atoms with Gasteiger partial charge in [-0.1, -0.05) is 60.7 Å². The minimum atomic E-state index is -1.24. The summed E-state index contributed by atoms with van der Waals surface area (Å²) < 4.78 is 5.28. The van der Waals surface area contributed by atoms with Gasteiger partial charge < -0.3 is 10.1 Å². The van der Waals surface area contributed by atoms with E-state index in [9.17, 15) is 14.4 Å². The Kier molecular flexibility index (Phi) is 5.53. The molecule has 1 heterocycles. The highest BCUT2D eigenvalue weighted by atomic mass is 16.5. The van der Waals surface area contributed by atoms with Gasteiger partial charge in [0.05, 0.1) is 13.7 Å². The molecule has 0 saturated carbocycles. The Bertz CT molecular complexity index is 1190. The van der Waals surface area contributed by atoms with Crippen molar-refractivity contribution in [1.29, 1.82) is 0 Å². The van der Waals surface area contributed by atoms with Crippen LogP contribution in [0.25, 0.3) is 11.1 Å². The summed E-state index contributed by atoms with van der Waals surface area (Å²) in [7, 11) is 1.58. The number of Topliss-reactive ketones (excluding diaryl/α,β-unsaturated/α-hetero) is 1. The number of ether oxygens (including phenoxy) is 1. The van der Waals surface area contributed by atoms with Crippen molar-refractivity contribution in [2.75, 3.05) is 13.7 Å². The largest absolute Gasteiger partial charge is 0.496 e. The summed E-state index contributed by atoms with van der Waals surface area (Å²) in [5.41, 5.74) is 2.72. The standard InChI is InChI=1S/C26H24N2O4/c1-17-15-21(13-14-23(17)32-3)26(2)24(30)28(25(31)27-26)16-22(29)20-11-9-19(10-12-20)18-7-5-4-6-8-18/h4-15H,16H2,1-3H3,(H,27,31). The highest BCUT2D eigenvalue weighted by Gasteiger charge is 2.49. The van der Waals surface area contributed by atoms with E-state index < -0.39 is 17.5 Å². The number of methoxy groups -OCH3 is 1. The highest BCUT2D eigenvalue weighted by Crippen LogP contribution is 2.32. The number of hydrogen-bond acceptors (Lipinski definition) is 4. The van der Waals surface area contributed by atoms with E-state index in [2.05, 4.69) is 5.32 Å². The SMILES string of the molecule is COc1ccc(C2(C)NC(=O)N(CC(=O)c3ccc(-c4ccccc4)cc3)C2=O)cc1C. The zero-order valence-corrected chi connectivity index (χ0v) is 18.2. The van der Waals surface area contributed by atoms with Gasteiger partial charge in [0.1, 0.15) is 11.3 Å². The Hall–Kier alpha value is -3.93. The molecule has 6 heteroatoms. The van der Waals surface area contributed by atoms with Crippen LogP contribution in [-0.4, -0.2) is 36.3 Å². The Balaban J connectivity index is 1.52. The van der Waals surface area contributed by atoms with Gasteiger partial charge in [-0.05, 0) is 48.2 Å². The minimum Gasteiger partial charge on any atom is -0.496 e. The molecule has 1 aliphatic rings. The number of carbonyl (C=O) groups is 3. The molecule has 1 atom stereocenters. The van der Waals surface area contributed by atoms with Crippen molar-refractivity contribution >= 4 is 17.7 Å². The molecule has 162 valence electrons. The van der Waals surface area contributed by atoms with Gasteiger partial charge in [0.25, 0.3) is 5.91 Å². The second-order valence-electron chi connectivity index (χ2n) is 8.00. The quantitative estimate of drug-likeness (QED) is 0.469. The monoisotopic (exact) mass is 428 g/mol. The Morgan fingerprint density at radius 3 is 2.25 bits per heavy atom. The summed E-state index contributed by atoms with van der Waals surface area (Å²) >= 11 is 0. The Morgan fingerprint density at radius 1 is 0.969 bits per heavy atom. The third-order valence-corrected chi connectivity index (χ3v) is 5.86. The lowest BCUT2D eigenvalue weighted by atomic mass is 9.90. The zero-order valence-electron chi connectivity index (χ0n) is 18.2. The number of carbonyl (C=O) groups excluding carboxylic acids is 3. The van der Waals surface area contributed by atoms with Gasteiger partial charge in [0, 0.05) is 5.56 Å². The summed E-state index contributed by atoms with van der Waals surface area (Å²) in [4.78, 5) is 39.6. The van der Waals surface area contributed by atoms with Crippen LogP contribution in [-0.2, 0) is 10.3 Å². The van der Waals surface area contributed by atoms with Gasteiger partial charge in [-0.2, -0.15) is 0 Å². The first kappa shape index (κ1) is 21.3. The van der Waals surface area contributed by atoms with Crippen molar-refractivity contribution in [2.24, 2.45) is 0 Å². The van der Waals surface area contributed by atoms with Gasteiger partial charge in [-0.15, -0.1) is 0 Å². The van der Waals surface area contributed by atoms with E-state index in [1.165, 1.54) is 0 Å². The lowest BCUT2D eigenvalue weighted by Crippen LogP contribution is -2.41. The highest BCUT2D eigenvalue weighted by molar-refractivity contribution is 6.11. The van der Waals surface area contributed by atoms with Crippen molar-refractivity contribution in [2.45, 2.75) is 19.4 Å². The van der Waals surface area contributed by atoms with Gasteiger partial charge >= 0.3 is 6.03 Å². The van der Waals surface area contributed by atoms with Crippen LogP contribution < -0.4 is 10.1 Å². The summed E-state index contributed by atoms with van der Waals surface area (Å²) in [6.45, 7) is 3.20. The number of nitrogens with one attached hydrogen (secondary N) is 1. The number of imide groups is 1. The van der Waals surface area contributed by atoms with Crippen molar-refractivity contribution in [3.63, 3.8) is 0 Å². The van der Waals surface area contributed by atoms with Crippen LogP contribution in [0.1, 0.15) is 28.4 Å². The fraction of sp³-hybridized carbons (Fsp3) is 0.192. The number of benzene rings is 3. The van der Waals surface area contributed by atoms with Crippen LogP contribution in [0.2, 0.25) is 0 Å². The zero-order chi connectivity index (χ0) is 22.9. The molecule has 1 fully saturated rings. The molecule has 3 aromatic rings. The van der Waals surface area contributed by atoms with E-state index in [1.54, 1.807) is 38.3 Å². The van der Waals surface area contributed by atoms with Crippen LogP contribution in [0.5, 0.6) is 5.75 Å². The molecule has 3 aromatic carbocycles. The fourth-order valence-corrected chi connectivity index (χ4v) is 3.94. The van der Waals surface area contributed by atoms with E-state index >= 15 is 0 Å². The first-order chi connectivity index (χ1) is 15.3. The molecule has 32 heavy (non-hydrogen) atoms. The van der Waals surface area contributed by atoms with E-state index in [0.717, 1.165) is 21.6 Å². The van der Waals surface area contributed by atoms with Crippen LogP contribution in [0.3, 0.4) is 0 Å². The molecule has 1 N–H and O–H groups in total. The summed E-state index contributed by atoms with van der Waals surface area (Å²) in [6.07, 6.45) is 0. The molecule has 1 unspecified atom stereocenters. The van der Waals surface area contributed by atoms with Gasteiger partial charge in [0.15, 0.2) is 5.78 Å². The fourth-order valence-electron chi connectivity index (χ4n) is 3.94. The molecule has 3 amide bonds. The van der Waals surface area contributed by atoms with Gasteiger partial charge in [-0.25, -0.2) is 4.79 Å². The van der Waals surface area contributed by atoms with Crippen LogP contribution in [0.4, 0.5) is 4.79 Å². The number of nitrogens with zero attached hydrogens (tertiary/aromatic N) is 1. The number of urea groups is 1. The molecule has 0 radical (unpaired) electrons. The van der Waals surface area contributed by atoms with E-state index in [0.29, 0.717) is 16.9 Å². The topological polar surface area (TPSA) is 75.7 Å². The normalized spacial score (nSPS) is 17.9. The third kappa shape index (κ3) is 3.75. The molecule has 1 aliphatic heterocycles. The molecule has 1 saturated heterocycles. The van der Waals surface area contributed by atoms with Crippen molar-refractivity contribution in [3.05, 3.63) is 89.5 Å². The average Bonchev–Trinajstić information content (AvgIpc) is 3.03. The van der Waals surface area contributed by atoms with Crippen molar-refractivity contribution in [3.8, 4) is 16.9 Å². The van der Waals surface area contributed by atoms with Gasteiger partial charge in [0.2, 0.25) is 0 Å². The maximum atomic E-state index is 13.2. The Morgan fingerprint density at radius 2 is 1.62 bits per heavy atom. The second-order valence-corrected chi connectivity index (χ2v) is 8.00. The second kappa shape index (κ2) is 8.30. The number of rotatable bonds is 6. The van der Waals surface area contributed by atoms with E-state index in [4.69, 9.17) is 4.74 Å². The average molecular weight is 428 g/mol. The van der Waals surface area contributed by atoms with Crippen molar-refractivity contribution < 1.29 is 19.1 Å². The first-order valence-corrected chi connectivity index (χ1v) is 10.3. The molecule has 0 aliphatic carbocycles. The predicted molar refractivity (Wildman–Crippen MR) is 122 cm³/mol. The third-order valence-electron chi connectivity index (χ3n) is 5.86. The Labute approximate surface area is 186 Å². The maximum Gasteiger partial charge on any atom is 0.325 e. The smallest absolute Gasteiger partial charge is 0.325 e. The van der Waals surface area contributed by atoms with Crippen molar-refractivity contribution in [1.82, 2.24) is 10.2 Å². The predicted octanol–water partition coefficient (Wildman–Crippen LogP) is 4.32. The number of aryl methyl sites for hydroxylation is 1. The molecule has 0 bridgehead atoms.